The Bertz CT molecular complexity index is 530. The van der Waals surface area contributed by atoms with E-state index >= 15 is 0 Å². The van der Waals surface area contributed by atoms with Gasteiger partial charge in [-0.25, -0.2) is 0 Å². The van der Waals surface area contributed by atoms with Crippen molar-refractivity contribution in [1.29, 1.82) is 0 Å². The van der Waals surface area contributed by atoms with Crippen LogP contribution in [0.2, 0.25) is 0 Å². The summed E-state index contributed by atoms with van der Waals surface area (Å²) in [4.78, 5) is 24.4. The number of rotatable bonds is 3. The molecule has 1 amide bonds. The molecule has 1 aliphatic heterocycles. The van der Waals surface area contributed by atoms with Crippen LogP contribution in [-0.2, 0) is 0 Å². The molecule has 0 aromatic heterocycles. The minimum atomic E-state index is -0.544. The van der Waals surface area contributed by atoms with Gasteiger partial charge in [0.1, 0.15) is 5.69 Å². The van der Waals surface area contributed by atoms with Crippen molar-refractivity contribution in [1.82, 2.24) is 4.90 Å². The van der Waals surface area contributed by atoms with Crippen molar-refractivity contribution in [2.45, 2.75) is 26.2 Å². The smallest absolute Gasteiger partial charge is 0.292 e. The standard InChI is InChI=1S/C14H19N3O3/c1-2-10-4-3-7-16(9-10)14(18)11-5-6-13(17(19)20)12(15)8-11/h5-6,8,10H,2-4,7,9,15H2,1H3. The zero-order valence-corrected chi connectivity index (χ0v) is 11.5. The highest BCUT2D eigenvalue weighted by Crippen LogP contribution is 2.25. The number of nitro groups is 1. The van der Waals surface area contributed by atoms with E-state index in [0.29, 0.717) is 11.5 Å². The molecule has 1 aliphatic rings. The molecule has 0 radical (unpaired) electrons. The predicted octanol–water partition coefficient (Wildman–Crippen LogP) is 2.44. The number of anilines is 1. The Hall–Kier alpha value is -2.11. The van der Waals surface area contributed by atoms with Crippen molar-refractivity contribution in [2.75, 3.05) is 18.8 Å². The van der Waals surface area contributed by atoms with Gasteiger partial charge in [-0.1, -0.05) is 13.3 Å². The molecular weight excluding hydrogens is 258 g/mol. The van der Waals surface area contributed by atoms with Gasteiger partial charge in [-0.2, -0.15) is 0 Å². The SMILES string of the molecule is CCC1CCCN(C(=O)c2ccc([N+](=O)[O-])c(N)c2)C1. The molecule has 0 bridgehead atoms. The van der Waals surface area contributed by atoms with Crippen molar-refractivity contribution < 1.29 is 9.72 Å². The number of hydrogen-bond acceptors (Lipinski definition) is 4. The highest BCUT2D eigenvalue weighted by molar-refractivity contribution is 5.95. The fourth-order valence-corrected chi connectivity index (χ4v) is 2.62. The molecule has 6 nitrogen and oxygen atoms in total. The monoisotopic (exact) mass is 277 g/mol. The molecule has 1 unspecified atom stereocenters. The third kappa shape index (κ3) is 2.89. The zero-order chi connectivity index (χ0) is 14.7. The van der Waals surface area contributed by atoms with Crippen molar-refractivity contribution in [2.24, 2.45) is 5.92 Å². The number of benzene rings is 1. The van der Waals surface area contributed by atoms with Crippen molar-refractivity contribution in [3.8, 4) is 0 Å². The van der Waals surface area contributed by atoms with E-state index in [1.54, 1.807) is 0 Å². The molecule has 2 rings (SSSR count). The van der Waals surface area contributed by atoms with E-state index in [9.17, 15) is 14.9 Å². The third-order valence-corrected chi connectivity index (χ3v) is 3.85. The van der Waals surface area contributed by atoms with Gasteiger partial charge >= 0.3 is 0 Å². The molecule has 2 N–H and O–H groups in total. The molecule has 1 aromatic carbocycles. The number of carbonyl (C=O) groups is 1. The molecule has 1 aromatic rings. The van der Waals surface area contributed by atoms with Gasteiger partial charge in [-0.15, -0.1) is 0 Å². The average Bonchev–Trinajstić information content (AvgIpc) is 2.46. The highest BCUT2D eigenvalue weighted by Gasteiger charge is 2.24. The maximum atomic E-state index is 12.4. The van der Waals surface area contributed by atoms with E-state index in [-0.39, 0.29) is 17.3 Å². The fraction of sp³-hybridized carbons (Fsp3) is 0.500. The fourth-order valence-electron chi connectivity index (χ4n) is 2.62. The Morgan fingerprint density at radius 2 is 2.30 bits per heavy atom. The topological polar surface area (TPSA) is 89.5 Å². The second-order valence-corrected chi connectivity index (χ2v) is 5.20. The number of nitrogens with two attached hydrogens (primary N) is 1. The summed E-state index contributed by atoms with van der Waals surface area (Å²) in [6, 6.07) is 4.17. The Labute approximate surface area is 117 Å². The van der Waals surface area contributed by atoms with Gasteiger partial charge in [-0.3, -0.25) is 14.9 Å². The molecule has 0 aliphatic carbocycles. The number of hydrogen-bond donors (Lipinski definition) is 1. The van der Waals surface area contributed by atoms with Crippen LogP contribution in [0.1, 0.15) is 36.5 Å². The Morgan fingerprint density at radius 3 is 2.90 bits per heavy atom. The van der Waals surface area contributed by atoms with E-state index in [1.807, 2.05) is 4.90 Å². The summed E-state index contributed by atoms with van der Waals surface area (Å²) in [5.41, 5.74) is 5.92. The van der Waals surface area contributed by atoms with Gasteiger partial charge in [0, 0.05) is 24.7 Å². The summed E-state index contributed by atoms with van der Waals surface area (Å²) in [6.45, 7) is 3.63. The van der Waals surface area contributed by atoms with E-state index in [4.69, 9.17) is 5.73 Å². The van der Waals surface area contributed by atoms with Crippen LogP contribution in [0.4, 0.5) is 11.4 Å². The lowest BCUT2D eigenvalue weighted by atomic mass is 9.95. The maximum absolute atomic E-state index is 12.4. The molecule has 1 heterocycles. The summed E-state index contributed by atoms with van der Waals surface area (Å²) in [5.74, 6) is 0.452. The first-order valence-corrected chi connectivity index (χ1v) is 6.86. The molecule has 1 saturated heterocycles. The van der Waals surface area contributed by atoms with Gasteiger partial charge in [0.05, 0.1) is 4.92 Å². The first kappa shape index (κ1) is 14.3. The first-order valence-electron chi connectivity index (χ1n) is 6.86. The second-order valence-electron chi connectivity index (χ2n) is 5.20. The number of piperidine rings is 1. The second kappa shape index (κ2) is 5.90. The number of amides is 1. The van der Waals surface area contributed by atoms with Crippen LogP contribution in [0.3, 0.4) is 0 Å². The average molecular weight is 277 g/mol. The lowest BCUT2D eigenvalue weighted by Gasteiger charge is -2.32. The van der Waals surface area contributed by atoms with E-state index in [0.717, 1.165) is 32.4 Å². The predicted molar refractivity (Wildman–Crippen MR) is 76.4 cm³/mol. The quantitative estimate of drug-likeness (QED) is 0.522. The summed E-state index contributed by atoms with van der Waals surface area (Å²) in [7, 11) is 0. The first-order chi connectivity index (χ1) is 9.52. The van der Waals surface area contributed by atoms with Crippen molar-refractivity contribution >= 4 is 17.3 Å². The molecule has 1 fully saturated rings. The molecule has 108 valence electrons. The molecule has 0 spiro atoms. The van der Waals surface area contributed by atoms with Crippen LogP contribution in [0.5, 0.6) is 0 Å². The minimum Gasteiger partial charge on any atom is -0.393 e. The number of nitrogens with zero attached hydrogens (tertiary/aromatic N) is 2. The highest BCUT2D eigenvalue weighted by atomic mass is 16.6. The summed E-state index contributed by atoms with van der Waals surface area (Å²) in [6.07, 6.45) is 3.22. The van der Waals surface area contributed by atoms with Crippen LogP contribution >= 0.6 is 0 Å². The zero-order valence-electron chi connectivity index (χ0n) is 11.5. The van der Waals surface area contributed by atoms with E-state index in [2.05, 4.69) is 6.92 Å². The van der Waals surface area contributed by atoms with Crippen LogP contribution < -0.4 is 5.73 Å². The van der Waals surface area contributed by atoms with Crippen molar-refractivity contribution in [3.63, 3.8) is 0 Å². The molecule has 1 atom stereocenters. The van der Waals surface area contributed by atoms with Gasteiger partial charge in [0.25, 0.3) is 11.6 Å². The lowest BCUT2D eigenvalue weighted by molar-refractivity contribution is -0.383. The Morgan fingerprint density at radius 1 is 1.55 bits per heavy atom. The van der Waals surface area contributed by atoms with Gasteiger partial charge in [0.15, 0.2) is 0 Å². The molecule has 20 heavy (non-hydrogen) atoms. The normalized spacial score (nSPS) is 18.9. The summed E-state index contributed by atoms with van der Waals surface area (Å²) in [5, 5.41) is 10.7. The maximum Gasteiger partial charge on any atom is 0.292 e. The lowest BCUT2D eigenvalue weighted by Crippen LogP contribution is -2.39. The molecule has 6 heteroatoms. The van der Waals surface area contributed by atoms with Gasteiger partial charge < -0.3 is 10.6 Å². The third-order valence-electron chi connectivity index (χ3n) is 3.85. The number of carbonyl (C=O) groups excluding carboxylic acids is 1. The van der Waals surface area contributed by atoms with Crippen molar-refractivity contribution in [3.05, 3.63) is 33.9 Å². The summed E-state index contributed by atoms with van der Waals surface area (Å²) >= 11 is 0. The van der Waals surface area contributed by atoms with Gasteiger partial charge in [0.2, 0.25) is 0 Å². The van der Waals surface area contributed by atoms with Crippen LogP contribution in [0.25, 0.3) is 0 Å². The minimum absolute atomic E-state index is 0.0323. The molecule has 0 saturated carbocycles. The summed E-state index contributed by atoms with van der Waals surface area (Å²) < 4.78 is 0. The van der Waals surface area contributed by atoms with E-state index in [1.165, 1.54) is 18.2 Å². The van der Waals surface area contributed by atoms with Crippen LogP contribution in [0.15, 0.2) is 18.2 Å². The Kier molecular flexibility index (Phi) is 4.22. The number of nitro benzene ring substituents is 1. The number of likely N-dealkylation sites (tertiary alicyclic amines) is 1. The van der Waals surface area contributed by atoms with Crippen LogP contribution in [0, 0.1) is 16.0 Å². The molecular formula is C14H19N3O3. The Balaban J connectivity index is 2.17. The van der Waals surface area contributed by atoms with Gasteiger partial charge in [-0.05, 0) is 30.9 Å². The van der Waals surface area contributed by atoms with E-state index < -0.39 is 4.92 Å². The largest absolute Gasteiger partial charge is 0.393 e. The van der Waals surface area contributed by atoms with Crippen LogP contribution in [-0.4, -0.2) is 28.8 Å². The number of nitrogen functional groups attached to an aromatic ring is 1.